The Morgan fingerprint density at radius 1 is 0.556 bits per heavy atom. The van der Waals surface area contributed by atoms with Crippen molar-refractivity contribution in [3.8, 4) is 0 Å². The second-order valence-electron chi connectivity index (χ2n) is 5.56. The molecule has 2 aromatic carbocycles. The van der Waals surface area contributed by atoms with Crippen LogP contribution in [-0.4, -0.2) is 45.6 Å². The van der Waals surface area contributed by atoms with E-state index in [0.29, 0.717) is 24.3 Å². The van der Waals surface area contributed by atoms with Gasteiger partial charge in [-0.2, -0.15) is 0 Å². The minimum absolute atomic E-state index is 0.305. The number of carboxylic acids is 2. The molecule has 0 aliphatic carbocycles. The fourth-order valence-corrected chi connectivity index (χ4v) is 1.92. The van der Waals surface area contributed by atoms with Gasteiger partial charge in [0.15, 0.2) is 0 Å². The number of aromatic carboxylic acids is 2. The highest BCUT2D eigenvalue weighted by atomic mass is 16.4. The van der Waals surface area contributed by atoms with Crippen LogP contribution >= 0.6 is 0 Å². The fraction of sp³-hybridized carbons (Fsp3) is 0.333. The maximum absolute atomic E-state index is 10.2. The third kappa shape index (κ3) is 14.2. The Balaban J connectivity index is 0.000000376. The van der Waals surface area contributed by atoms with Crippen molar-refractivity contribution in [2.75, 3.05) is 13.2 Å². The molecule has 0 saturated heterocycles. The maximum atomic E-state index is 10.2. The standard InChI is InChI=1S/2C7H6O2.C7H16O2/c2*8-7(9)6-4-2-1-3-5-6;8-6-4-2-1-3-5-7-9/h2*1-5H,(H,8,9);8-9H,1-7H2. The molecule has 0 atom stereocenters. The first kappa shape index (κ1) is 24.3. The molecule has 0 unspecified atom stereocenters. The minimum Gasteiger partial charge on any atom is -0.478 e. The Morgan fingerprint density at radius 2 is 0.852 bits per heavy atom. The predicted molar refractivity (Wildman–Crippen MR) is 104 cm³/mol. The summed E-state index contributed by atoms with van der Waals surface area (Å²) in [6.45, 7) is 0.609. The first-order valence-corrected chi connectivity index (χ1v) is 8.81. The van der Waals surface area contributed by atoms with Gasteiger partial charge in [0.2, 0.25) is 0 Å². The smallest absolute Gasteiger partial charge is 0.335 e. The summed E-state index contributed by atoms with van der Waals surface area (Å²) in [5.74, 6) is -1.76. The van der Waals surface area contributed by atoms with E-state index in [-0.39, 0.29) is 0 Å². The molecule has 2 rings (SSSR count). The molecule has 6 heteroatoms. The van der Waals surface area contributed by atoms with E-state index in [0.717, 1.165) is 32.1 Å². The molecule has 0 fully saturated rings. The van der Waals surface area contributed by atoms with E-state index in [2.05, 4.69) is 0 Å². The number of hydrogen-bond donors (Lipinski definition) is 4. The zero-order chi connectivity index (χ0) is 20.3. The lowest BCUT2D eigenvalue weighted by Crippen LogP contribution is -1.93. The van der Waals surface area contributed by atoms with Gasteiger partial charge in [0.05, 0.1) is 11.1 Å². The highest BCUT2D eigenvalue weighted by Gasteiger charge is 1.97. The Kier molecular flexibility index (Phi) is 15.1. The van der Waals surface area contributed by atoms with Crippen molar-refractivity contribution >= 4 is 11.9 Å². The van der Waals surface area contributed by atoms with Crippen LogP contribution in [0.25, 0.3) is 0 Å². The monoisotopic (exact) mass is 376 g/mol. The van der Waals surface area contributed by atoms with Crippen LogP contribution in [0.5, 0.6) is 0 Å². The number of benzene rings is 2. The summed E-state index contributed by atoms with van der Waals surface area (Å²) in [6, 6.07) is 16.6. The summed E-state index contributed by atoms with van der Waals surface area (Å²) in [4.78, 5) is 20.4. The molecular weight excluding hydrogens is 348 g/mol. The van der Waals surface area contributed by atoms with Gasteiger partial charge >= 0.3 is 11.9 Å². The van der Waals surface area contributed by atoms with Crippen molar-refractivity contribution in [1.29, 1.82) is 0 Å². The summed E-state index contributed by atoms with van der Waals surface area (Å²) < 4.78 is 0. The van der Waals surface area contributed by atoms with Gasteiger partial charge in [-0.25, -0.2) is 9.59 Å². The first-order valence-electron chi connectivity index (χ1n) is 8.81. The van der Waals surface area contributed by atoms with Gasteiger partial charge in [0.1, 0.15) is 0 Å². The summed E-state index contributed by atoms with van der Waals surface area (Å²) in [6.07, 6.45) is 5.14. The van der Waals surface area contributed by atoms with Crippen LogP contribution in [0.1, 0.15) is 52.8 Å². The summed E-state index contributed by atoms with van der Waals surface area (Å²) >= 11 is 0. The normalized spacial score (nSPS) is 9.26. The molecule has 0 amide bonds. The van der Waals surface area contributed by atoms with Crippen LogP contribution < -0.4 is 0 Å². The number of aliphatic hydroxyl groups is 2. The van der Waals surface area contributed by atoms with Crippen molar-refractivity contribution in [2.45, 2.75) is 32.1 Å². The van der Waals surface area contributed by atoms with Crippen molar-refractivity contribution in [3.05, 3.63) is 71.8 Å². The summed E-state index contributed by atoms with van der Waals surface area (Å²) in [5, 5.41) is 33.5. The second-order valence-corrected chi connectivity index (χ2v) is 5.56. The highest BCUT2D eigenvalue weighted by molar-refractivity contribution is 5.87. The van der Waals surface area contributed by atoms with Gasteiger partial charge in [-0.15, -0.1) is 0 Å². The Labute approximate surface area is 159 Å². The van der Waals surface area contributed by atoms with Crippen LogP contribution in [0.3, 0.4) is 0 Å². The molecule has 0 aromatic heterocycles. The van der Waals surface area contributed by atoms with Gasteiger partial charge in [0.25, 0.3) is 0 Å². The molecule has 148 valence electrons. The van der Waals surface area contributed by atoms with Gasteiger partial charge < -0.3 is 20.4 Å². The quantitative estimate of drug-likeness (QED) is 0.522. The maximum Gasteiger partial charge on any atom is 0.335 e. The molecule has 0 heterocycles. The first-order chi connectivity index (χ1) is 13.0. The topological polar surface area (TPSA) is 115 Å². The van der Waals surface area contributed by atoms with Crippen LogP contribution in [0.4, 0.5) is 0 Å². The van der Waals surface area contributed by atoms with E-state index in [4.69, 9.17) is 20.4 Å². The van der Waals surface area contributed by atoms with Crippen LogP contribution in [-0.2, 0) is 0 Å². The minimum atomic E-state index is -0.879. The van der Waals surface area contributed by atoms with Gasteiger partial charge in [0, 0.05) is 13.2 Å². The molecule has 0 radical (unpaired) electrons. The molecule has 0 spiro atoms. The lowest BCUT2D eigenvalue weighted by Gasteiger charge is -1.95. The van der Waals surface area contributed by atoms with Crippen molar-refractivity contribution in [2.24, 2.45) is 0 Å². The molecule has 0 aliphatic heterocycles. The number of carbonyl (C=O) groups is 2. The van der Waals surface area contributed by atoms with Crippen LogP contribution in [0.2, 0.25) is 0 Å². The van der Waals surface area contributed by atoms with E-state index in [1.54, 1.807) is 60.7 Å². The zero-order valence-corrected chi connectivity index (χ0v) is 15.3. The fourth-order valence-electron chi connectivity index (χ4n) is 1.92. The molecule has 0 aliphatic rings. The lowest BCUT2D eigenvalue weighted by atomic mass is 10.2. The number of rotatable bonds is 8. The summed E-state index contributed by atoms with van der Waals surface area (Å²) in [7, 11) is 0. The Bertz CT molecular complexity index is 558. The van der Waals surface area contributed by atoms with Crippen molar-refractivity contribution in [3.63, 3.8) is 0 Å². The molecule has 2 aromatic rings. The van der Waals surface area contributed by atoms with Crippen LogP contribution in [0.15, 0.2) is 60.7 Å². The average molecular weight is 376 g/mol. The van der Waals surface area contributed by atoms with Gasteiger partial charge in [-0.05, 0) is 37.1 Å². The number of hydrogen-bond acceptors (Lipinski definition) is 4. The second kappa shape index (κ2) is 16.8. The highest BCUT2D eigenvalue weighted by Crippen LogP contribution is 2.01. The number of aliphatic hydroxyl groups excluding tert-OH is 2. The lowest BCUT2D eigenvalue weighted by molar-refractivity contribution is 0.0686. The molecule has 0 saturated carbocycles. The summed E-state index contributed by atoms with van der Waals surface area (Å²) in [5.41, 5.74) is 0.662. The van der Waals surface area contributed by atoms with E-state index in [1.165, 1.54) is 0 Å². The SMILES string of the molecule is O=C(O)c1ccccc1.O=C(O)c1ccccc1.OCCCCCCCO. The van der Waals surface area contributed by atoms with Crippen molar-refractivity contribution in [1.82, 2.24) is 0 Å². The Hall–Kier alpha value is -2.70. The van der Waals surface area contributed by atoms with E-state index in [9.17, 15) is 9.59 Å². The van der Waals surface area contributed by atoms with Gasteiger partial charge in [-0.3, -0.25) is 0 Å². The van der Waals surface area contributed by atoms with Crippen molar-refractivity contribution < 1.29 is 30.0 Å². The predicted octanol–water partition coefficient (Wildman–Crippen LogP) is 3.69. The third-order valence-electron chi connectivity index (χ3n) is 3.36. The van der Waals surface area contributed by atoms with E-state index in [1.807, 2.05) is 0 Å². The molecule has 6 nitrogen and oxygen atoms in total. The molecule has 4 N–H and O–H groups in total. The third-order valence-corrected chi connectivity index (χ3v) is 3.36. The van der Waals surface area contributed by atoms with Crippen LogP contribution in [0, 0.1) is 0 Å². The number of unbranched alkanes of at least 4 members (excludes halogenated alkanes) is 4. The van der Waals surface area contributed by atoms with Gasteiger partial charge in [-0.1, -0.05) is 55.7 Å². The Morgan fingerprint density at radius 3 is 1.07 bits per heavy atom. The molecule has 27 heavy (non-hydrogen) atoms. The average Bonchev–Trinajstić information content (AvgIpc) is 2.70. The zero-order valence-electron chi connectivity index (χ0n) is 15.3. The molecular formula is C21H28O6. The van der Waals surface area contributed by atoms with E-state index < -0.39 is 11.9 Å². The van der Waals surface area contributed by atoms with E-state index >= 15 is 0 Å². The number of carboxylic acid groups (broad SMARTS) is 2. The molecule has 0 bridgehead atoms. The largest absolute Gasteiger partial charge is 0.478 e.